The van der Waals surface area contributed by atoms with Crippen LogP contribution in [0.4, 0.5) is 0 Å². The van der Waals surface area contributed by atoms with E-state index in [1.807, 2.05) is 12.1 Å². The molecule has 2 aromatic carbocycles. The molecule has 0 amide bonds. The van der Waals surface area contributed by atoms with Gasteiger partial charge in [0.1, 0.15) is 0 Å². The minimum Gasteiger partial charge on any atom is -0.289 e. The Kier molecular flexibility index (Phi) is 4.44. The largest absolute Gasteiger partial charge is 0.289 e. The van der Waals surface area contributed by atoms with E-state index in [-0.39, 0.29) is 5.78 Å². The Morgan fingerprint density at radius 1 is 0.944 bits per heavy atom. The normalized spacial score (nSPS) is 10.4. The molecule has 0 aromatic heterocycles. The fourth-order valence-corrected chi connectivity index (χ4v) is 2.50. The average molecular weight is 344 g/mol. The first-order valence-corrected chi connectivity index (χ1v) is 7.13. The second-order valence-electron chi connectivity index (χ2n) is 3.82. The first-order valence-electron chi connectivity index (χ1n) is 5.26. The Bertz CT molecular complexity index is 559. The second-order valence-corrected chi connectivity index (χ2v) is 5.25. The molecule has 92 valence electrons. The summed E-state index contributed by atoms with van der Waals surface area (Å²) in [6.07, 6.45) is 0. The number of alkyl halides is 1. The van der Waals surface area contributed by atoms with Gasteiger partial charge in [-0.1, -0.05) is 63.4 Å². The van der Waals surface area contributed by atoms with E-state index in [0.717, 1.165) is 10.9 Å². The molecule has 0 saturated carbocycles. The highest BCUT2D eigenvalue weighted by molar-refractivity contribution is 9.08. The number of carbonyl (C=O) groups is 1. The summed E-state index contributed by atoms with van der Waals surface area (Å²) >= 11 is 15.1. The van der Waals surface area contributed by atoms with E-state index in [9.17, 15) is 4.79 Å². The van der Waals surface area contributed by atoms with Crippen molar-refractivity contribution >= 4 is 44.9 Å². The number of benzene rings is 2. The summed E-state index contributed by atoms with van der Waals surface area (Å²) in [6, 6.07) is 12.3. The Labute approximate surface area is 124 Å². The van der Waals surface area contributed by atoms with Gasteiger partial charge in [0.15, 0.2) is 5.78 Å². The van der Waals surface area contributed by atoms with E-state index in [1.54, 1.807) is 30.3 Å². The van der Waals surface area contributed by atoms with Gasteiger partial charge in [-0.05, 0) is 23.8 Å². The van der Waals surface area contributed by atoms with E-state index in [4.69, 9.17) is 23.2 Å². The van der Waals surface area contributed by atoms with Crippen LogP contribution in [0.2, 0.25) is 10.0 Å². The van der Waals surface area contributed by atoms with Crippen LogP contribution in [0.3, 0.4) is 0 Å². The fourth-order valence-electron chi connectivity index (χ4n) is 1.60. The summed E-state index contributed by atoms with van der Waals surface area (Å²) in [6.45, 7) is 0. The van der Waals surface area contributed by atoms with Gasteiger partial charge in [-0.2, -0.15) is 0 Å². The Hall–Kier alpha value is -0.830. The molecule has 0 aliphatic heterocycles. The van der Waals surface area contributed by atoms with Gasteiger partial charge >= 0.3 is 0 Å². The topological polar surface area (TPSA) is 17.1 Å². The second kappa shape index (κ2) is 5.87. The van der Waals surface area contributed by atoms with Gasteiger partial charge in [0.2, 0.25) is 0 Å². The van der Waals surface area contributed by atoms with Gasteiger partial charge in [-0.25, -0.2) is 0 Å². The number of ketones is 1. The third kappa shape index (κ3) is 3.14. The van der Waals surface area contributed by atoms with Crippen molar-refractivity contribution in [3.63, 3.8) is 0 Å². The van der Waals surface area contributed by atoms with Crippen molar-refractivity contribution in [2.75, 3.05) is 0 Å². The summed E-state index contributed by atoms with van der Waals surface area (Å²) in [4.78, 5) is 12.2. The van der Waals surface area contributed by atoms with Gasteiger partial charge in [0, 0.05) is 26.5 Å². The molecule has 0 bridgehead atoms. The maximum Gasteiger partial charge on any atom is 0.193 e. The third-order valence-corrected chi connectivity index (χ3v) is 3.58. The molecule has 4 heteroatoms. The van der Waals surface area contributed by atoms with E-state index in [0.29, 0.717) is 21.2 Å². The molecular formula is C14H9BrCl2O. The molecule has 2 rings (SSSR count). The van der Waals surface area contributed by atoms with Crippen LogP contribution < -0.4 is 0 Å². The van der Waals surface area contributed by atoms with Crippen LogP contribution in [0.15, 0.2) is 42.5 Å². The standard InChI is InChI=1S/C14H9BrCl2O/c15-8-9-1-3-10(4-2-9)14(18)11-5-12(16)7-13(17)6-11/h1-7H,8H2. The summed E-state index contributed by atoms with van der Waals surface area (Å²) in [7, 11) is 0. The first-order chi connectivity index (χ1) is 8.60. The first kappa shape index (κ1) is 13.6. The minimum absolute atomic E-state index is 0.0828. The number of rotatable bonds is 3. The van der Waals surface area contributed by atoms with E-state index in [2.05, 4.69) is 15.9 Å². The van der Waals surface area contributed by atoms with Crippen molar-refractivity contribution in [2.24, 2.45) is 0 Å². The zero-order chi connectivity index (χ0) is 13.1. The average Bonchev–Trinajstić information content (AvgIpc) is 2.37. The van der Waals surface area contributed by atoms with Crippen LogP contribution in [-0.2, 0) is 5.33 Å². The molecule has 0 aliphatic rings. The maximum atomic E-state index is 12.2. The zero-order valence-corrected chi connectivity index (χ0v) is 12.4. The quantitative estimate of drug-likeness (QED) is 0.558. The predicted octanol–water partition coefficient (Wildman–Crippen LogP) is 5.12. The Balaban J connectivity index is 2.34. The van der Waals surface area contributed by atoms with Gasteiger partial charge in [0.25, 0.3) is 0 Å². The van der Waals surface area contributed by atoms with Crippen LogP contribution in [0.5, 0.6) is 0 Å². The molecule has 0 fully saturated rings. The summed E-state index contributed by atoms with van der Waals surface area (Å²) < 4.78 is 0. The highest BCUT2D eigenvalue weighted by Gasteiger charge is 2.10. The van der Waals surface area contributed by atoms with E-state index in [1.165, 1.54) is 0 Å². The highest BCUT2D eigenvalue weighted by Crippen LogP contribution is 2.21. The van der Waals surface area contributed by atoms with Crippen molar-refractivity contribution in [1.29, 1.82) is 0 Å². The smallest absolute Gasteiger partial charge is 0.193 e. The summed E-state index contributed by atoms with van der Waals surface area (Å²) in [5, 5.41) is 1.69. The maximum absolute atomic E-state index is 12.2. The van der Waals surface area contributed by atoms with Crippen molar-refractivity contribution in [1.82, 2.24) is 0 Å². The Morgan fingerprint density at radius 2 is 1.50 bits per heavy atom. The van der Waals surface area contributed by atoms with Crippen molar-refractivity contribution in [2.45, 2.75) is 5.33 Å². The number of hydrogen-bond acceptors (Lipinski definition) is 1. The molecule has 18 heavy (non-hydrogen) atoms. The molecule has 0 aliphatic carbocycles. The molecular weight excluding hydrogens is 335 g/mol. The summed E-state index contributed by atoms with van der Waals surface area (Å²) in [5.74, 6) is -0.0828. The molecule has 1 nitrogen and oxygen atoms in total. The predicted molar refractivity (Wildman–Crippen MR) is 79.0 cm³/mol. The van der Waals surface area contributed by atoms with Crippen molar-refractivity contribution in [3.05, 3.63) is 69.2 Å². The van der Waals surface area contributed by atoms with Crippen LogP contribution in [-0.4, -0.2) is 5.78 Å². The number of halogens is 3. The minimum atomic E-state index is -0.0828. The van der Waals surface area contributed by atoms with Crippen LogP contribution >= 0.6 is 39.1 Å². The fraction of sp³-hybridized carbons (Fsp3) is 0.0714. The zero-order valence-electron chi connectivity index (χ0n) is 9.29. The molecule has 0 unspecified atom stereocenters. The Morgan fingerprint density at radius 3 is 2.00 bits per heavy atom. The molecule has 2 aromatic rings. The molecule has 0 saturated heterocycles. The molecule has 0 atom stereocenters. The highest BCUT2D eigenvalue weighted by atomic mass is 79.9. The number of hydrogen-bond donors (Lipinski definition) is 0. The molecule has 0 heterocycles. The lowest BCUT2D eigenvalue weighted by molar-refractivity contribution is 0.103. The number of carbonyl (C=O) groups excluding carboxylic acids is 1. The lowest BCUT2D eigenvalue weighted by Gasteiger charge is -2.04. The van der Waals surface area contributed by atoms with Crippen molar-refractivity contribution in [3.8, 4) is 0 Å². The third-order valence-electron chi connectivity index (χ3n) is 2.50. The van der Waals surface area contributed by atoms with Gasteiger partial charge in [-0.3, -0.25) is 4.79 Å². The lowest BCUT2D eigenvalue weighted by atomic mass is 10.0. The van der Waals surface area contributed by atoms with E-state index < -0.39 is 0 Å². The monoisotopic (exact) mass is 342 g/mol. The van der Waals surface area contributed by atoms with Gasteiger partial charge in [-0.15, -0.1) is 0 Å². The summed E-state index contributed by atoms with van der Waals surface area (Å²) in [5.41, 5.74) is 2.24. The SMILES string of the molecule is O=C(c1ccc(CBr)cc1)c1cc(Cl)cc(Cl)c1. The van der Waals surface area contributed by atoms with Gasteiger partial charge < -0.3 is 0 Å². The molecule has 0 radical (unpaired) electrons. The van der Waals surface area contributed by atoms with Gasteiger partial charge in [0.05, 0.1) is 0 Å². The van der Waals surface area contributed by atoms with Crippen LogP contribution in [0, 0.1) is 0 Å². The molecule has 0 N–H and O–H groups in total. The van der Waals surface area contributed by atoms with Crippen LogP contribution in [0.1, 0.15) is 21.5 Å². The van der Waals surface area contributed by atoms with Crippen LogP contribution in [0.25, 0.3) is 0 Å². The van der Waals surface area contributed by atoms with Crippen molar-refractivity contribution < 1.29 is 4.79 Å². The lowest BCUT2D eigenvalue weighted by Crippen LogP contribution is -2.01. The van der Waals surface area contributed by atoms with E-state index >= 15 is 0 Å². The molecule has 0 spiro atoms.